The van der Waals surface area contributed by atoms with Gasteiger partial charge in [-0.05, 0) is 149 Å². The van der Waals surface area contributed by atoms with E-state index in [4.69, 9.17) is 24.3 Å². The van der Waals surface area contributed by atoms with Crippen LogP contribution in [-0.2, 0) is 43.5 Å². The number of carbonyl (C=O) groups is 3. The molecular weight excluding hydrogens is 1450 g/mol. The predicted molar refractivity (Wildman–Crippen MR) is 391 cm³/mol. The Morgan fingerprint density at radius 1 is 0.604 bits per heavy atom. The molecule has 5 aliphatic rings. The van der Waals surface area contributed by atoms with E-state index in [-0.39, 0.29) is 150 Å². The van der Waals surface area contributed by atoms with E-state index in [1.807, 2.05) is 99.5 Å². The number of nitrogens with one attached hydrogen (secondary N) is 2. The quantitative estimate of drug-likeness (QED) is 0.0371. The van der Waals surface area contributed by atoms with Crippen LogP contribution in [0.5, 0.6) is 0 Å². The molecule has 12 heterocycles. The van der Waals surface area contributed by atoms with Crippen molar-refractivity contribution in [3.63, 3.8) is 0 Å². The van der Waals surface area contributed by atoms with E-state index in [9.17, 15) is 24.0 Å². The molecule has 0 aliphatic carbocycles. The molecule has 5 saturated heterocycles. The Morgan fingerprint density at radius 3 is 1.63 bits per heavy atom. The average molecular weight is 1530 g/mol. The van der Waals surface area contributed by atoms with E-state index in [2.05, 4.69) is 132 Å². The van der Waals surface area contributed by atoms with Gasteiger partial charge in [0, 0.05) is 139 Å². The first-order valence-electron chi connectivity index (χ1n) is 33.2. The first-order chi connectivity index (χ1) is 48.2. The van der Waals surface area contributed by atoms with Crippen molar-refractivity contribution in [2.24, 2.45) is 0 Å². The summed E-state index contributed by atoms with van der Waals surface area (Å²) >= 11 is 2.37. The van der Waals surface area contributed by atoms with Gasteiger partial charge in [0.25, 0.3) is 6.47 Å². The normalized spacial score (nSPS) is 16.3. The van der Waals surface area contributed by atoms with Gasteiger partial charge < -0.3 is 55.0 Å². The van der Waals surface area contributed by atoms with Gasteiger partial charge in [-0.15, -0.1) is 0 Å². The largest absolute Gasteiger partial charge is 1.00 e. The molecule has 0 unspecified atom stereocenters. The van der Waals surface area contributed by atoms with E-state index in [0.29, 0.717) is 68.4 Å². The number of aryl methyl sites for hydroxylation is 4. The number of fused-ring (bicyclic) bond motifs is 3. The van der Waals surface area contributed by atoms with Crippen molar-refractivity contribution < 1.29 is 143 Å². The number of piperidine rings is 2. The summed E-state index contributed by atoms with van der Waals surface area (Å²) in [6.45, 7) is 18.9. The van der Waals surface area contributed by atoms with E-state index >= 15 is 0 Å². The van der Waals surface area contributed by atoms with E-state index in [1.54, 1.807) is 36.5 Å². The first-order valence-corrected chi connectivity index (χ1v) is 34.5. The molecule has 5 aliphatic heterocycles. The molecule has 25 heteroatoms. The summed E-state index contributed by atoms with van der Waals surface area (Å²) < 4.78 is 20.5. The molecule has 22 nitrogen and oxygen atoms in total. The number of hydrogen-bond acceptors (Lipinski definition) is 19. The van der Waals surface area contributed by atoms with Crippen LogP contribution in [0.2, 0.25) is 0 Å². The molecule has 0 spiro atoms. The van der Waals surface area contributed by atoms with Crippen molar-refractivity contribution in [2.45, 2.75) is 101 Å². The summed E-state index contributed by atoms with van der Waals surface area (Å²) in [7, 11) is 0. The van der Waals surface area contributed by atoms with Gasteiger partial charge in [0.15, 0.2) is 28.9 Å². The van der Waals surface area contributed by atoms with Crippen LogP contribution in [0.15, 0.2) is 179 Å². The average Bonchev–Trinajstić information content (AvgIpc) is 0.844. The predicted octanol–water partition coefficient (Wildman–Crippen LogP) is 3.60. The van der Waals surface area contributed by atoms with Crippen LogP contribution in [0.25, 0.3) is 32.7 Å². The molecule has 0 radical (unpaired) electrons. The number of ether oxygens (including phenoxy) is 3. The second kappa shape index (κ2) is 40.9. The number of aromatic nitrogens is 7. The van der Waals surface area contributed by atoms with Gasteiger partial charge in [0.2, 0.25) is 0 Å². The summed E-state index contributed by atoms with van der Waals surface area (Å²) in [5.41, 5.74) is 12.6. The van der Waals surface area contributed by atoms with Crippen LogP contribution >= 0.6 is 22.6 Å². The number of para-hydroxylation sites is 3. The number of benzene rings is 3. The molecule has 5 fully saturated rings. The van der Waals surface area contributed by atoms with Crippen LogP contribution in [0.3, 0.4) is 0 Å². The van der Waals surface area contributed by atoms with Crippen LogP contribution < -0.4 is 139 Å². The van der Waals surface area contributed by atoms with Gasteiger partial charge in [0.05, 0.1) is 102 Å². The number of alkyl halides is 1. The SMILES string of the molecule is Cc1ccc(N2CCC[C@H](N(Cc3ccnc(C)c3)Cc3cn(C4COC4)c4ccccc4c3=O)C2)cn1.Cc1ccc(N2CCC[C@H](NCc3ccnc(C)c3)C2)cn1.IC1COC1.O=CO[O-].O=Cc1c[nH]c2ccccc2c1=O.O=Cc1cn(C2COC2)c2ccccc2c1=O.[H-].[K+].[K+]. The number of halogens is 1. The maximum absolute atomic E-state index is 13.8. The fourth-order valence-corrected chi connectivity index (χ4v) is 12.8. The fourth-order valence-electron chi connectivity index (χ4n) is 12.3. The summed E-state index contributed by atoms with van der Waals surface area (Å²) in [5, 5.41) is 14.0. The summed E-state index contributed by atoms with van der Waals surface area (Å²) in [6, 6.07) is 40.7. The molecule has 3 aromatic carbocycles. The minimum Gasteiger partial charge on any atom is -1.00 e. The zero-order chi connectivity index (χ0) is 69.6. The number of anilines is 2. The summed E-state index contributed by atoms with van der Waals surface area (Å²) in [5.74, 6) is 0. The van der Waals surface area contributed by atoms with Crippen molar-refractivity contribution in [1.29, 1.82) is 0 Å². The molecule has 0 bridgehead atoms. The van der Waals surface area contributed by atoms with Crippen LogP contribution in [0.4, 0.5) is 11.4 Å². The third kappa shape index (κ3) is 22.5. The van der Waals surface area contributed by atoms with Crippen molar-refractivity contribution in [1.82, 2.24) is 44.3 Å². The van der Waals surface area contributed by atoms with Gasteiger partial charge in [-0.2, -0.15) is 0 Å². The summed E-state index contributed by atoms with van der Waals surface area (Å²) in [4.78, 5) is 97.7. The fraction of sp³-hybridized carbons (Fsp3) is 0.342. The number of pyridine rings is 7. The number of nitrogens with zero attached hydrogens (tertiary/aromatic N) is 9. The van der Waals surface area contributed by atoms with Crippen LogP contribution in [0.1, 0.15) is 99.4 Å². The molecule has 7 aromatic heterocycles. The van der Waals surface area contributed by atoms with Crippen molar-refractivity contribution in [2.75, 3.05) is 75.6 Å². The van der Waals surface area contributed by atoms with Gasteiger partial charge in [0.1, 0.15) is 0 Å². The Bertz CT molecular complexity index is 4530. The molecule has 0 saturated carbocycles. The molecule has 2 N–H and O–H groups in total. The standard InChI is InChI=1S/C31H35N5O2.C18H24N4.C13H11NO3.C10H7NO2.C3H5IO.CH2O3.2K.H/c1-22-9-10-26(15-33-22)34-13-5-6-27(19-34)35(16-24-11-12-32-23(2)14-24)17-25-18-36(28-20-38-21-28)30-8-4-3-7-29(30)31(25)37;1-14-5-6-18(12-20-14)22-9-3-4-17(13-22)21-11-16-7-8-19-15(2)10-16;15-6-9-5-14(10-7-17-8-10)12-4-2-1-3-11(12)13(9)16;12-6-7-5-11-9-4-2-1-3-8(9)10(7)13;4-3-1-5-2-3;2-1-4-3;;;/h3-4,7-12,14-15,18,27-28H,5-6,13,16-17,19-21H2,1-2H3;5-8,10,12,17,21H,3-4,9,11,13H2,1-2H3;1-6,10H,7-8H2;1-6H,(H,11,13);3H,1-2H2;1,3H;;;/q;;;;;;2*+1;-1/p-1/t27-;17-;;;;;;;/m00......./s1. The molecule has 10 aromatic rings. The molecular formula is C76H84IK2N11O11. The van der Waals surface area contributed by atoms with Crippen LogP contribution in [0, 0.1) is 27.7 Å². The van der Waals surface area contributed by atoms with Crippen molar-refractivity contribution >= 4 is 85.7 Å². The number of hydrogen-bond donors (Lipinski definition) is 2. The Kier molecular flexibility index (Phi) is 32.7. The molecule has 2 atom stereocenters. The molecule has 15 rings (SSSR count). The number of H-pyrrole nitrogens is 1. The van der Waals surface area contributed by atoms with E-state index < -0.39 is 0 Å². The van der Waals surface area contributed by atoms with Gasteiger partial charge in [-0.1, -0.05) is 59.0 Å². The topological polar surface area (TPSA) is 261 Å². The number of rotatable bonds is 15. The third-order valence-electron chi connectivity index (χ3n) is 17.8. The van der Waals surface area contributed by atoms with Crippen molar-refractivity contribution in [3.05, 3.63) is 246 Å². The maximum atomic E-state index is 13.8. The summed E-state index contributed by atoms with van der Waals surface area (Å²) in [6.07, 6.45) is 18.7. The Balaban J connectivity index is 0.000000194. The van der Waals surface area contributed by atoms with Crippen LogP contribution in [-0.4, -0.2) is 140 Å². The Labute approximate surface area is 687 Å². The third-order valence-corrected chi connectivity index (χ3v) is 18.6. The van der Waals surface area contributed by atoms with Crippen molar-refractivity contribution in [3.8, 4) is 0 Å². The molecule has 101 heavy (non-hydrogen) atoms. The van der Waals surface area contributed by atoms with Gasteiger partial charge in [-0.3, -0.25) is 53.6 Å². The number of aromatic amines is 1. The first kappa shape index (κ1) is 80.7. The number of carbonyl (C=O) groups excluding carboxylic acids is 3. The molecule has 0 amide bonds. The monoisotopic (exact) mass is 1530 g/mol. The maximum Gasteiger partial charge on any atom is 1.00 e. The van der Waals surface area contributed by atoms with Gasteiger partial charge >= 0.3 is 103 Å². The van der Waals surface area contributed by atoms with Gasteiger partial charge in [-0.25, -0.2) is 0 Å². The second-order valence-corrected chi connectivity index (χ2v) is 26.8. The minimum atomic E-state index is -0.218. The minimum absolute atomic E-state index is 0. The smallest absolute Gasteiger partial charge is 1.00 e. The zero-order valence-electron chi connectivity index (χ0n) is 59.1. The Morgan fingerprint density at radius 2 is 1.11 bits per heavy atom. The molecule has 518 valence electrons. The van der Waals surface area contributed by atoms with E-state index in [1.165, 1.54) is 35.9 Å². The van der Waals surface area contributed by atoms with E-state index in [0.717, 1.165) is 125 Å². The number of aldehydes is 2. The zero-order valence-corrected chi connectivity index (χ0v) is 66.5. The Hall–Kier alpha value is -5.94. The second-order valence-electron chi connectivity index (χ2n) is 25.0.